The summed E-state index contributed by atoms with van der Waals surface area (Å²) in [5.74, 6) is 3.84. The van der Waals surface area contributed by atoms with Crippen LogP contribution in [-0.4, -0.2) is 26.6 Å². The molecular formula is C18H21N3OS. The molecule has 0 radical (unpaired) electrons. The minimum atomic E-state index is -2.43. The number of nitrogens with one attached hydrogen (secondary N) is 2. The fourth-order valence-corrected chi connectivity index (χ4v) is 3.89. The van der Waals surface area contributed by atoms with Gasteiger partial charge in [0.25, 0.3) is 0 Å². The number of hydrogen-bond acceptors (Lipinski definition) is 2. The van der Waals surface area contributed by atoms with E-state index in [0.717, 1.165) is 39.2 Å². The van der Waals surface area contributed by atoms with Gasteiger partial charge < -0.3 is 4.98 Å². The number of pyridine rings is 1. The smallest absolute Gasteiger partial charge is 0.138 e. The molecule has 1 atom stereocenters. The Kier molecular flexibility index (Phi) is 4.24. The van der Waals surface area contributed by atoms with Crippen molar-refractivity contribution in [1.82, 2.24) is 14.7 Å². The van der Waals surface area contributed by atoms with Crippen molar-refractivity contribution in [1.29, 1.82) is 0 Å². The Labute approximate surface area is 137 Å². The van der Waals surface area contributed by atoms with Gasteiger partial charge in [-0.25, -0.2) is 13.9 Å². The summed E-state index contributed by atoms with van der Waals surface area (Å²) in [6.45, 7) is 4.75. The van der Waals surface area contributed by atoms with E-state index < -0.39 is 9.71 Å². The molecule has 0 aliphatic rings. The first-order valence-corrected chi connectivity index (χ1v) is 9.40. The van der Waals surface area contributed by atoms with E-state index in [9.17, 15) is 4.21 Å². The molecule has 0 aliphatic heterocycles. The van der Waals surface area contributed by atoms with Crippen LogP contribution >= 0.6 is 0 Å². The topological polar surface area (TPSA) is 57.8 Å². The van der Waals surface area contributed by atoms with E-state index in [1.54, 1.807) is 6.20 Å². The zero-order valence-corrected chi connectivity index (χ0v) is 14.2. The highest BCUT2D eigenvalue weighted by Gasteiger charge is 2.10. The Morgan fingerprint density at radius 3 is 2.70 bits per heavy atom. The molecule has 3 aromatic rings. The van der Waals surface area contributed by atoms with Crippen LogP contribution in [0.5, 0.6) is 0 Å². The molecule has 23 heavy (non-hydrogen) atoms. The summed E-state index contributed by atoms with van der Waals surface area (Å²) in [7, 11) is -2.43. The molecule has 0 aliphatic carbocycles. The van der Waals surface area contributed by atoms with Crippen LogP contribution in [0, 0.1) is 6.92 Å². The lowest BCUT2D eigenvalue weighted by Crippen LogP contribution is -2.24. The third-order valence-corrected chi connectivity index (χ3v) is 5.50. The number of nitrogens with zero attached hydrogens (tertiary/aromatic N) is 1. The Bertz CT molecular complexity index is 925. The number of benzene rings is 1. The first kappa shape index (κ1) is 15.8. The highest BCUT2D eigenvalue weighted by Crippen LogP contribution is 2.28. The van der Waals surface area contributed by atoms with Gasteiger partial charge in [-0.15, -0.1) is 0 Å². The second-order valence-electron chi connectivity index (χ2n) is 5.67. The van der Waals surface area contributed by atoms with E-state index in [-0.39, 0.29) is 0 Å². The molecule has 3 rings (SSSR count). The number of aromatic nitrogens is 2. The summed E-state index contributed by atoms with van der Waals surface area (Å²) < 4.78 is 15.6. The van der Waals surface area contributed by atoms with E-state index in [0.29, 0.717) is 6.54 Å². The van der Waals surface area contributed by atoms with Crippen molar-refractivity contribution in [2.75, 3.05) is 6.54 Å². The van der Waals surface area contributed by atoms with Crippen molar-refractivity contribution >= 4 is 26.6 Å². The minimum absolute atomic E-state index is 0.692. The quantitative estimate of drug-likeness (QED) is 0.704. The molecule has 5 heteroatoms. The molecule has 1 unspecified atom stereocenters. The maximum atomic E-state index is 12.6. The predicted molar refractivity (Wildman–Crippen MR) is 98.1 cm³/mol. The normalized spacial score (nSPS) is 14.0. The molecule has 120 valence electrons. The zero-order chi connectivity index (χ0) is 16.4. The SMILES string of the molecule is C=S(=O)(NCCC)c1ccc(-c2ccnc3[nH]c(C)cc23)cc1. The van der Waals surface area contributed by atoms with E-state index in [2.05, 4.69) is 26.6 Å². The standard InChI is InChI=1S/C18H21N3OS/c1-4-10-20-23(3,22)15-7-5-14(6-8-15)16-9-11-19-18-17(16)12-13(2)21-18/h5-9,11-12H,3-4,10H2,1-2H3,(H,19,21)(H,20,22). The van der Waals surface area contributed by atoms with Gasteiger partial charge in [-0.3, -0.25) is 0 Å². The molecule has 0 fully saturated rings. The third-order valence-electron chi connectivity index (χ3n) is 3.80. The fourth-order valence-electron chi connectivity index (χ4n) is 2.61. The lowest BCUT2D eigenvalue weighted by Gasteiger charge is -2.11. The van der Waals surface area contributed by atoms with Crippen molar-refractivity contribution in [2.24, 2.45) is 0 Å². The highest BCUT2D eigenvalue weighted by atomic mass is 32.2. The molecule has 0 saturated carbocycles. The summed E-state index contributed by atoms with van der Waals surface area (Å²) in [5, 5.41) is 1.09. The van der Waals surface area contributed by atoms with Crippen LogP contribution in [0.25, 0.3) is 22.2 Å². The second-order valence-corrected chi connectivity index (χ2v) is 7.78. The summed E-state index contributed by atoms with van der Waals surface area (Å²) in [6, 6.07) is 11.9. The summed E-state index contributed by atoms with van der Waals surface area (Å²) in [4.78, 5) is 8.33. The van der Waals surface area contributed by atoms with Crippen LogP contribution in [0.3, 0.4) is 0 Å². The van der Waals surface area contributed by atoms with Gasteiger partial charge in [0.15, 0.2) is 0 Å². The average molecular weight is 327 g/mol. The maximum absolute atomic E-state index is 12.6. The van der Waals surface area contributed by atoms with Gasteiger partial charge in [-0.05, 0) is 54.6 Å². The Morgan fingerprint density at radius 2 is 2.00 bits per heavy atom. The number of aromatic amines is 1. The van der Waals surface area contributed by atoms with Crippen molar-refractivity contribution in [3.8, 4) is 11.1 Å². The van der Waals surface area contributed by atoms with Gasteiger partial charge in [-0.2, -0.15) is 0 Å². The van der Waals surface area contributed by atoms with Crippen LogP contribution in [0.15, 0.2) is 47.5 Å². The second kappa shape index (κ2) is 6.18. The van der Waals surface area contributed by atoms with E-state index >= 15 is 0 Å². The van der Waals surface area contributed by atoms with Gasteiger partial charge in [0.1, 0.15) is 5.65 Å². The van der Waals surface area contributed by atoms with E-state index in [1.807, 2.05) is 44.2 Å². The largest absolute Gasteiger partial charge is 0.344 e. The molecule has 0 saturated heterocycles. The Hall–Kier alpha value is -2.11. The monoisotopic (exact) mass is 327 g/mol. The lowest BCUT2D eigenvalue weighted by atomic mass is 10.0. The van der Waals surface area contributed by atoms with Crippen LogP contribution in [0.1, 0.15) is 19.0 Å². The van der Waals surface area contributed by atoms with Gasteiger partial charge >= 0.3 is 0 Å². The van der Waals surface area contributed by atoms with Crippen molar-refractivity contribution in [3.63, 3.8) is 0 Å². The van der Waals surface area contributed by atoms with E-state index in [4.69, 9.17) is 0 Å². The minimum Gasteiger partial charge on any atom is -0.344 e. The number of H-pyrrole nitrogens is 1. The van der Waals surface area contributed by atoms with E-state index in [1.165, 1.54) is 0 Å². The van der Waals surface area contributed by atoms with Gasteiger partial charge in [0.05, 0.1) is 9.71 Å². The third kappa shape index (κ3) is 3.16. The van der Waals surface area contributed by atoms with Crippen LogP contribution in [0.4, 0.5) is 0 Å². The lowest BCUT2D eigenvalue weighted by molar-refractivity contribution is 0.668. The highest BCUT2D eigenvalue weighted by molar-refractivity contribution is 7.98. The molecule has 2 N–H and O–H groups in total. The van der Waals surface area contributed by atoms with Crippen LogP contribution in [0.2, 0.25) is 0 Å². The summed E-state index contributed by atoms with van der Waals surface area (Å²) in [5.41, 5.74) is 4.16. The Morgan fingerprint density at radius 1 is 1.26 bits per heavy atom. The average Bonchev–Trinajstić information content (AvgIpc) is 2.93. The molecule has 4 nitrogen and oxygen atoms in total. The predicted octanol–water partition coefficient (Wildman–Crippen LogP) is 3.53. The number of hydrogen-bond donors (Lipinski definition) is 2. The van der Waals surface area contributed by atoms with Gasteiger partial charge in [0, 0.05) is 28.7 Å². The molecule has 0 bridgehead atoms. The Balaban J connectivity index is 1.99. The van der Waals surface area contributed by atoms with Crippen LogP contribution < -0.4 is 4.72 Å². The van der Waals surface area contributed by atoms with Gasteiger partial charge in [-0.1, -0.05) is 19.1 Å². The first-order chi connectivity index (χ1) is 11.0. The summed E-state index contributed by atoms with van der Waals surface area (Å²) >= 11 is 0. The molecule has 0 spiro atoms. The molecule has 2 heterocycles. The maximum Gasteiger partial charge on any atom is 0.138 e. The zero-order valence-electron chi connectivity index (χ0n) is 13.4. The number of rotatable bonds is 5. The first-order valence-electron chi connectivity index (χ1n) is 7.68. The molecule has 1 aromatic carbocycles. The molecule has 2 aromatic heterocycles. The van der Waals surface area contributed by atoms with Crippen molar-refractivity contribution in [3.05, 3.63) is 48.3 Å². The number of aryl methyl sites for hydroxylation is 1. The molecule has 0 amide bonds. The van der Waals surface area contributed by atoms with Gasteiger partial charge in [0.2, 0.25) is 0 Å². The van der Waals surface area contributed by atoms with Crippen LogP contribution in [-0.2, 0) is 9.71 Å². The van der Waals surface area contributed by atoms with Crippen molar-refractivity contribution in [2.45, 2.75) is 25.2 Å². The molecular weight excluding hydrogens is 306 g/mol. The number of fused-ring (bicyclic) bond motifs is 1. The van der Waals surface area contributed by atoms with Crippen molar-refractivity contribution < 1.29 is 4.21 Å². The summed E-state index contributed by atoms with van der Waals surface area (Å²) in [6.07, 6.45) is 2.72. The fraction of sp³-hybridized carbons (Fsp3) is 0.222.